The molecule has 3 aromatic heterocycles. The van der Waals surface area contributed by atoms with Gasteiger partial charge in [-0.05, 0) is 53.6 Å². The van der Waals surface area contributed by atoms with Crippen molar-refractivity contribution in [1.82, 2.24) is 15.0 Å². The van der Waals surface area contributed by atoms with Crippen molar-refractivity contribution in [2.24, 2.45) is 0 Å². The zero-order valence-electron chi connectivity index (χ0n) is 23.7. The zero-order valence-corrected chi connectivity index (χ0v) is 25.3. The molecule has 9 aromatic rings. The Morgan fingerprint density at radius 2 is 1.13 bits per heavy atom. The van der Waals surface area contributed by atoms with Crippen LogP contribution in [0.15, 0.2) is 138 Å². The first kappa shape index (κ1) is 26.1. The molecule has 3 heterocycles. The number of hydrogen-bond acceptors (Lipinski definition) is 5. The van der Waals surface area contributed by atoms with E-state index in [1.807, 2.05) is 60.7 Å². The molecule has 0 N–H and O–H groups in total. The molecule has 0 aliphatic heterocycles. The molecule has 6 heteroatoms. The zero-order chi connectivity index (χ0) is 29.9. The molecule has 212 valence electrons. The molecular formula is C39H22ClN3OS. The van der Waals surface area contributed by atoms with Crippen LogP contribution in [-0.4, -0.2) is 15.0 Å². The Hall–Kier alpha value is -5.36. The third-order valence-corrected chi connectivity index (χ3v) is 9.55. The molecule has 0 bridgehead atoms. The number of fused-ring (bicyclic) bond motifs is 6. The van der Waals surface area contributed by atoms with Crippen LogP contribution in [-0.2, 0) is 0 Å². The first-order chi connectivity index (χ1) is 22.2. The van der Waals surface area contributed by atoms with Crippen molar-refractivity contribution in [1.29, 1.82) is 0 Å². The van der Waals surface area contributed by atoms with Crippen LogP contribution in [0, 0.1) is 0 Å². The van der Waals surface area contributed by atoms with Gasteiger partial charge in [0.1, 0.15) is 11.2 Å². The van der Waals surface area contributed by atoms with Crippen molar-refractivity contribution in [2.75, 3.05) is 0 Å². The number of nitrogens with zero attached hydrogens (tertiary/aromatic N) is 3. The molecule has 0 aliphatic carbocycles. The van der Waals surface area contributed by atoms with Crippen LogP contribution in [0.3, 0.4) is 0 Å². The Kier molecular flexibility index (Phi) is 6.01. The summed E-state index contributed by atoms with van der Waals surface area (Å²) < 4.78 is 8.70. The van der Waals surface area contributed by atoms with Crippen LogP contribution in [0.1, 0.15) is 0 Å². The number of thiophene rings is 1. The van der Waals surface area contributed by atoms with Crippen LogP contribution in [0.2, 0.25) is 5.02 Å². The average Bonchev–Trinajstić information content (AvgIpc) is 3.66. The second-order valence-electron chi connectivity index (χ2n) is 11.0. The number of aromatic nitrogens is 3. The molecular weight excluding hydrogens is 594 g/mol. The highest BCUT2D eigenvalue weighted by atomic mass is 35.5. The van der Waals surface area contributed by atoms with Crippen molar-refractivity contribution in [3.05, 3.63) is 138 Å². The minimum atomic E-state index is 0.537. The molecule has 6 aromatic carbocycles. The highest BCUT2D eigenvalue weighted by molar-refractivity contribution is 7.25. The number of benzene rings is 6. The fourth-order valence-corrected chi connectivity index (χ4v) is 7.38. The normalized spacial score (nSPS) is 11.7. The van der Waals surface area contributed by atoms with Crippen molar-refractivity contribution in [3.63, 3.8) is 0 Å². The van der Waals surface area contributed by atoms with Gasteiger partial charge in [0.2, 0.25) is 0 Å². The fraction of sp³-hybridized carbons (Fsp3) is 0. The van der Waals surface area contributed by atoms with Gasteiger partial charge >= 0.3 is 0 Å². The van der Waals surface area contributed by atoms with Crippen molar-refractivity contribution >= 4 is 65.0 Å². The highest BCUT2D eigenvalue weighted by Crippen LogP contribution is 2.40. The van der Waals surface area contributed by atoms with E-state index in [0.717, 1.165) is 44.2 Å². The van der Waals surface area contributed by atoms with Crippen molar-refractivity contribution < 1.29 is 4.42 Å². The quantitative estimate of drug-likeness (QED) is 0.198. The summed E-state index contributed by atoms with van der Waals surface area (Å²) >= 11 is 8.47. The van der Waals surface area contributed by atoms with Crippen LogP contribution in [0.4, 0.5) is 0 Å². The maximum Gasteiger partial charge on any atom is 0.164 e. The van der Waals surface area contributed by atoms with E-state index in [1.165, 1.54) is 20.2 Å². The van der Waals surface area contributed by atoms with Gasteiger partial charge in [0.05, 0.1) is 0 Å². The third kappa shape index (κ3) is 4.48. The molecule has 0 fully saturated rings. The molecule has 0 radical (unpaired) electrons. The molecule has 0 unspecified atom stereocenters. The van der Waals surface area contributed by atoms with Crippen LogP contribution in [0.25, 0.3) is 87.4 Å². The van der Waals surface area contributed by atoms with Crippen molar-refractivity contribution in [2.45, 2.75) is 0 Å². The van der Waals surface area contributed by atoms with Gasteiger partial charge in [-0.25, -0.2) is 15.0 Å². The second-order valence-corrected chi connectivity index (χ2v) is 12.5. The van der Waals surface area contributed by atoms with Gasteiger partial charge < -0.3 is 4.42 Å². The topological polar surface area (TPSA) is 51.8 Å². The van der Waals surface area contributed by atoms with Crippen LogP contribution in [0.5, 0.6) is 0 Å². The summed E-state index contributed by atoms with van der Waals surface area (Å²) in [7, 11) is 0. The Morgan fingerprint density at radius 3 is 2.00 bits per heavy atom. The maximum absolute atomic E-state index is 6.68. The first-order valence-corrected chi connectivity index (χ1v) is 15.8. The standard InChI is InChI=1S/C39H22ClN3OS/c40-27-21-31(36-29-14-4-6-15-32(29)44-33(36)22-27)39-42-37(25-12-8-11-24(19-25)23-9-2-1-3-10-23)41-38(43-39)26-17-18-35-30(20-26)28-13-5-7-16-34(28)45-35/h1-22H. The smallest absolute Gasteiger partial charge is 0.164 e. The number of hydrogen-bond donors (Lipinski definition) is 0. The SMILES string of the molecule is Clc1cc(-c2nc(-c3cccc(-c4ccccc4)c3)nc(-c3ccc4sc5ccccc5c4c3)n2)c2c(c1)oc1ccccc12. The predicted molar refractivity (Wildman–Crippen MR) is 187 cm³/mol. The first-order valence-electron chi connectivity index (χ1n) is 14.6. The van der Waals surface area contributed by atoms with Gasteiger partial charge in [0, 0.05) is 58.7 Å². The molecule has 4 nitrogen and oxygen atoms in total. The number of furan rings is 1. The van der Waals surface area contributed by atoms with Gasteiger partial charge in [-0.2, -0.15) is 0 Å². The Bertz CT molecular complexity index is 2570. The molecule has 0 saturated heterocycles. The van der Waals surface area contributed by atoms with E-state index in [2.05, 4.69) is 72.8 Å². The van der Waals surface area contributed by atoms with Crippen molar-refractivity contribution in [3.8, 4) is 45.3 Å². The maximum atomic E-state index is 6.68. The molecule has 0 spiro atoms. The lowest BCUT2D eigenvalue weighted by Crippen LogP contribution is -2.00. The second kappa shape index (κ2) is 10.4. The highest BCUT2D eigenvalue weighted by Gasteiger charge is 2.19. The fourth-order valence-electron chi connectivity index (χ4n) is 6.09. The summed E-state index contributed by atoms with van der Waals surface area (Å²) in [5.41, 5.74) is 6.33. The molecule has 0 amide bonds. The van der Waals surface area contributed by atoms with E-state index < -0.39 is 0 Å². The lowest BCUT2D eigenvalue weighted by atomic mass is 10.0. The molecule has 0 aliphatic rings. The summed E-state index contributed by atoms with van der Waals surface area (Å²) in [6.07, 6.45) is 0. The Balaban J connectivity index is 1.31. The van der Waals surface area contributed by atoms with Gasteiger partial charge in [-0.15, -0.1) is 11.3 Å². The lowest BCUT2D eigenvalue weighted by Gasteiger charge is -2.11. The predicted octanol–water partition coefficient (Wildman–Crippen LogP) is 11.5. The monoisotopic (exact) mass is 615 g/mol. The summed E-state index contributed by atoms with van der Waals surface area (Å²) in [5, 5.41) is 4.88. The van der Waals surface area contributed by atoms with E-state index >= 15 is 0 Å². The number of halogens is 1. The van der Waals surface area contributed by atoms with E-state index in [9.17, 15) is 0 Å². The largest absolute Gasteiger partial charge is 0.456 e. The number of para-hydroxylation sites is 1. The van der Waals surface area contributed by atoms with Gasteiger partial charge in [0.15, 0.2) is 17.5 Å². The number of rotatable bonds is 4. The van der Waals surface area contributed by atoms with E-state index in [1.54, 1.807) is 11.3 Å². The molecule has 9 rings (SSSR count). The van der Waals surface area contributed by atoms with Gasteiger partial charge in [0.25, 0.3) is 0 Å². The lowest BCUT2D eigenvalue weighted by molar-refractivity contribution is 0.669. The molecule has 45 heavy (non-hydrogen) atoms. The third-order valence-electron chi connectivity index (χ3n) is 8.18. The Labute approximate surface area is 267 Å². The summed E-state index contributed by atoms with van der Waals surface area (Å²) in [5.74, 6) is 1.72. The van der Waals surface area contributed by atoms with Crippen LogP contribution < -0.4 is 0 Å². The summed E-state index contributed by atoms with van der Waals surface area (Å²) in [6, 6.07) is 45.4. The van der Waals surface area contributed by atoms with Gasteiger partial charge in [-0.3, -0.25) is 0 Å². The Morgan fingerprint density at radius 1 is 0.467 bits per heavy atom. The molecule has 0 atom stereocenters. The average molecular weight is 616 g/mol. The minimum absolute atomic E-state index is 0.537. The minimum Gasteiger partial charge on any atom is -0.456 e. The van der Waals surface area contributed by atoms with Gasteiger partial charge in [-0.1, -0.05) is 96.5 Å². The summed E-state index contributed by atoms with van der Waals surface area (Å²) in [4.78, 5) is 15.3. The molecule has 0 saturated carbocycles. The van der Waals surface area contributed by atoms with E-state index in [4.69, 9.17) is 31.0 Å². The van der Waals surface area contributed by atoms with E-state index in [0.29, 0.717) is 28.1 Å². The van der Waals surface area contributed by atoms with E-state index in [-0.39, 0.29) is 0 Å². The summed E-state index contributed by atoms with van der Waals surface area (Å²) in [6.45, 7) is 0. The van der Waals surface area contributed by atoms with Crippen LogP contribution >= 0.6 is 22.9 Å².